The summed E-state index contributed by atoms with van der Waals surface area (Å²) in [6, 6.07) is 9.34. The van der Waals surface area contributed by atoms with Crippen LogP contribution in [0.3, 0.4) is 0 Å². The summed E-state index contributed by atoms with van der Waals surface area (Å²) in [4.78, 5) is 27.9. The van der Waals surface area contributed by atoms with E-state index in [0.29, 0.717) is 19.5 Å². The molecule has 2 atom stereocenters. The summed E-state index contributed by atoms with van der Waals surface area (Å²) in [5.41, 5.74) is 0.953. The van der Waals surface area contributed by atoms with Gasteiger partial charge in [0.1, 0.15) is 6.04 Å². The van der Waals surface area contributed by atoms with Gasteiger partial charge in [0.05, 0.1) is 5.92 Å². The molecule has 5 nitrogen and oxygen atoms in total. The first-order valence-corrected chi connectivity index (χ1v) is 7.81. The van der Waals surface area contributed by atoms with Gasteiger partial charge in [-0.05, 0) is 32.0 Å². The normalized spacial score (nSPS) is 20.0. The van der Waals surface area contributed by atoms with Crippen LogP contribution in [0.4, 0.5) is 0 Å². The lowest BCUT2D eigenvalue weighted by molar-refractivity contribution is -0.147. The molecular formula is C17H24N2O3. The number of likely N-dealkylation sites (tertiary alicyclic amines) is 1. The van der Waals surface area contributed by atoms with E-state index in [1.807, 2.05) is 49.2 Å². The van der Waals surface area contributed by atoms with E-state index in [1.54, 1.807) is 4.90 Å². The van der Waals surface area contributed by atoms with Crippen molar-refractivity contribution in [2.24, 2.45) is 5.92 Å². The average molecular weight is 304 g/mol. The highest BCUT2D eigenvalue weighted by Crippen LogP contribution is 2.25. The number of carboxylic acids is 1. The fourth-order valence-electron chi connectivity index (χ4n) is 2.96. The molecule has 5 heteroatoms. The molecule has 1 amide bonds. The standard InChI is InChI=1S/C17H24N2O3/c1-3-18(2)15(13-8-5-4-6-9-13)16(20)19-11-7-10-14(12-19)17(21)22/h4-6,8-9,14-15H,3,7,10-12H2,1-2H3,(H,21,22). The Bertz CT molecular complexity index is 518. The Morgan fingerprint density at radius 3 is 2.64 bits per heavy atom. The van der Waals surface area contributed by atoms with Crippen molar-refractivity contribution in [3.63, 3.8) is 0 Å². The topological polar surface area (TPSA) is 60.9 Å². The molecule has 0 aromatic heterocycles. The summed E-state index contributed by atoms with van der Waals surface area (Å²) in [7, 11) is 1.92. The number of likely N-dealkylation sites (N-methyl/N-ethyl adjacent to an activating group) is 1. The van der Waals surface area contributed by atoms with Crippen LogP contribution in [0.1, 0.15) is 31.4 Å². The summed E-state index contributed by atoms with van der Waals surface area (Å²) in [5, 5.41) is 9.20. The summed E-state index contributed by atoms with van der Waals surface area (Å²) < 4.78 is 0. The maximum absolute atomic E-state index is 13.0. The second-order valence-electron chi connectivity index (χ2n) is 5.85. The highest BCUT2D eigenvalue weighted by atomic mass is 16.4. The van der Waals surface area contributed by atoms with Crippen molar-refractivity contribution in [1.29, 1.82) is 0 Å². The van der Waals surface area contributed by atoms with Crippen LogP contribution in [-0.4, -0.2) is 53.5 Å². The molecule has 0 spiro atoms. The zero-order chi connectivity index (χ0) is 16.1. The lowest BCUT2D eigenvalue weighted by Crippen LogP contribution is -2.47. The van der Waals surface area contributed by atoms with Crippen molar-refractivity contribution in [3.8, 4) is 0 Å². The van der Waals surface area contributed by atoms with Gasteiger partial charge in [-0.25, -0.2) is 0 Å². The van der Waals surface area contributed by atoms with Crippen LogP contribution in [0.15, 0.2) is 30.3 Å². The van der Waals surface area contributed by atoms with Gasteiger partial charge in [0.25, 0.3) is 0 Å². The smallest absolute Gasteiger partial charge is 0.308 e. The molecular weight excluding hydrogens is 280 g/mol. The lowest BCUT2D eigenvalue weighted by Gasteiger charge is -2.36. The summed E-state index contributed by atoms with van der Waals surface area (Å²) in [6.45, 7) is 3.72. The molecule has 1 aromatic rings. The van der Waals surface area contributed by atoms with Crippen molar-refractivity contribution >= 4 is 11.9 Å². The number of amides is 1. The third-order valence-corrected chi connectivity index (χ3v) is 4.37. The number of nitrogens with zero attached hydrogens (tertiary/aromatic N) is 2. The molecule has 1 N–H and O–H groups in total. The minimum absolute atomic E-state index is 0.00139. The molecule has 120 valence electrons. The quantitative estimate of drug-likeness (QED) is 0.904. The van der Waals surface area contributed by atoms with E-state index in [9.17, 15) is 14.7 Å². The number of rotatable bonds is 5. The second-order valence-corrected chi connectivity index (χ2v) is 5.85. The van der Waals surface area contributed by atoms with Gasteiger partial charge >= 0.3 is 5.97 Å². The zero-order valence-corrected chi connectivity index (χ0v) is 13.2. The molecule has 0 saturated carbocycles. The van der Waals surface area contributed by atoms with E-state index in [2.05, 4.69) is 0 Å². The zero-order valence-electron chi connectivity index (χ0n) is 13.2. The number of aliphatic carboxylic acids is 1. The monoisotopic (exact) mass is 304 g/mol. The molecule has 2 rings (SSSR count). The molecule has 1 aromatic carbocycles. The minimum Gasteiger partial charge on any atom is -0.481 e. The van der Waals surface area contributed by atoms with Crippen LogP contribution < -0.4 is 0 Å². The SMILES string of the molecule is CCN(C)C(C(=O)N1CCCC(C(=O)O)C1)c1ccccc1. The van der Waals surface area contributed by atoms with E-state index < -0.39 is 11.9 Å². The van der Waals surface area contributed by atoms with Gasteiger partial charge in [0, 0.05) is 13.1 Å². The van der Waals surface area contributed by atoms with E-state index in [0.717, 1.165) is 18.5 Å². The second kappa shape index (κ2) is 7.40. The van der Waals surface area contributed by atoms with Gasteiger partial charge in [-0.2, -0.15) is 0 Å². The maximum atomic E-state index is 13.0. The Morgan fingerprint density at radius 2 is 2.05 bits per heavy atom. The predicted octanol–water partition coefficient (Wildman–Crippen LogP) is 2.00. The number of hydrogen-bond acceptors (Lipinski definition) is 3. The first-order chi connectivity index (χ1) is 10.5. The fourth-order valence-corrected chi connectivity index (χ4v) is 2.96. The Morgan fingerprint density at radius 1 is 1.36 bits per heavy atom. The van der Waals surface area contributed by atoms with E-state index in [1.165, 1.54) is 0 Å². The van der Waals surface area contributed by atoms with Crippen molar-refractivity contribution in [3.05, 3.63) is 35.9 Å². The number of hydrogen-bond donors (Lipinski definition) is 1. The summed E-state index contributed by atoms with van der Waals surface area (Å²) in [5.74, 6) is -1.25. The molecule has 1 aliphatic heterocycles. The van der Waals surface area contributed by atoms with Crippen LogP contribution in [0, 0.1) is 5.92 Å². The van der Waals surface area contributed by atoms with E-state index in [4.69, 9.17) is 0 Å². The molecule has 22 heavy (non-hydrogen) atoms. The van der Waals surface area contributed by atoms with Gasteiger partial charge in [-0.3, -0.25) is 14.5 Å². The van der Waals surface area contributed by atoms with Gasteiger partial charge in [0.15, 0.2) is 0 Å². The molecule has 1 heterocycles. The molecule has 2 unspecified atom stereocenters. The van der Waals surface area contributed by atoms with Crippen LogP contribution >= 0.6 is 0 Å². The van der Waals surface area contributed by atoms with Crippen molar-refractivity contribution < 1.29 is 14.7 Å². The number of piperidine rings is 1. The third-order valence-electron chi connectivity index (χ3n) is 4.37. The molecule has 0 bridgehead atoms. The van der Waals surface area contributed by atoms with Crippen molar-refractivity contribution in [2.75, 3.05) is 26.7 Å². The highest BCUT2D eigenvalue weighted by molar-refractivity contribution is 5.84. The Balaban J connectivity index is 2.20. The van der Waals surface area contributed by atoms with Crippen molar-refractivity contribution in [2.45, 2.75) is 25.8 Å². The van der Waals surface area contributed by atoms with Crippen LogP contribution in [0.2, 0.25) is 0 Å². The lowest BCUT2D eigenvalue weighted by atomic mass is 9.96. The summed E-state index contributed by atoms with van der Waals surface area (Å²) in [6.07, 6.45) is 1.40. The average Bonchev–Trinajstić information content (AvgIpc) is 2.55. The van der Waals surface area contributed by atoms with Crippen LogP contribution in [-0.2, 0) is 9.59 Å². The first-order valence-electron chi connectivity index (χ1n) is 7.81. The molecule has 1 saturated heterocycles. The van der Waals surface area contributed by atoms with Crippen LogP contribution in [0.5, 0.6) is 0 Å². The summed E-state index contributed by atoms with van der Waals surface area (Å²) >= 11 is 0. The van der Waals surface area contributed by atoms with Crippen LogP contribution in [0.25, 0.3) is 0 Å². The first kappa shape index (κ1) is 16.5. The van der Waals surface area contributed by atoms with Gasteiger partial charge in [-0.15, -0.1) is 0 Å². The molecule has 0 aliphatic carbocycles. The van der Waals surface area contributed by atoms with E-state index in [-0.39, 0.29) is 11.9 Å². The molecule has 0 radical (unpaired) electrons. The predicted molar refractivity (Wildman–Crippen MR) is 84.4 cm³/mol. The maximum Gasteiger partial charge on any atom is 0.308 e. The third kappa shape index (κ3) is 3.65. The number of benzene rings is 1. The highest BCUT2D eigenvalue weighted by Gasteiger charge is 2.33. The minimum atomic E-state index is -0.808. The number of carboxylic acid groups (broad SMARTS) is 1. The molecule has 1 fully saturated rings. The molecule has 1 aliphatic rings. The van der Waals surface area contributed by atoms with Crippen molar-refractivity contribution in [1.82, 2.24) is 9.80 Å². The largest absolute Gasteiger partial charge is 0.481 e. The Kier molecular flexibility index (Phi) is 5.55. The Labute approximate surface area is 131 Å². The van der Waals surface area contributed by atoms with Gasteiger partial charge in [0.2, 0.25) is 5.91 Å². The number of carbonyl (C=O) groups excluding carboxylic acids is 1. The van der Waals surface area contributed by atoms with Gasteiger partial charge in [-0.1, -0.05) is 37.3 Å². The van der Waals surface area contributed by atoms with Gasteiger partial charge < -0.3 is 10.0 Å². The fraction of sp³-hybridized carbons (Fsp3) is 0.529. The number of carbonyl (C=O) groups is 2. The van der Waals surface area contributed by atoms with E-state index >= 15 is 0 Å². The Hall–Kier alpha value is -1.88.